The van der Waals surface area contributed by atoms with Crippen molar-refractivity contribution in [3.8, 4) is 0 Å². The SMILES string of the molecule is Cc1cc2c(cc1N)N(C(=O)CCOCC(F)F)CC2. The second-order valence-corrected chi connectivity index (χ2v) is 4.85. The zero-order chi connectivity index (χ0) is 14.7. The molecule has 0 atom stereocenters. The number of halogens is 2. The molecule has 1 amide bonds. The Morgan fingerprint density at radius 3 is 2.95 bits per heavy atom. The zero-order valence-electron chi connectivity index (χ0n) is 11.4. The van der Waals surface area contributed by atoms with Gasteiger partial charge in [-0.05, 0) is 30.5 Å². The van der Waals surface area contributed by atoms with Crippen molar-refractivity contribution >= 4 is 17.3 Å². The predicted octanol–water partition coefficient (Wildman–Crippen LogP) is 2.14. The average molecular weight is 284 g/mol. The molecule has 6 heteroatoms. The van der Waals surface area contributed by atoms with Crippen molar-refractivity contribution in [1.29, 1.82) is 0 Å². The molecule has 0 unspecified atom stereocenters. The lowest BCUT2D eigenvalue weighted by Gasteiger charge is -2.18. The number of rotatable bonds is 5. The minimum Gasteiger partial charge on any atom is -0.398 e. The third kappa shape index (κ3) is 3.25. The molecule has 4 nitrogen and oxygen atoms in total. The monoisotopic (exact) mass is 284 g/mol. The number of anilines is 2. The molecule has 20 heavy (non-hydrogen) atoms. The standard InChI is InChI=1S/C14H18F2N2O2/c1-9-6-10-2-4-18(12(10)7-11(9)17)14(19)3-5-20-8-13(15)16/h6-7,13H,2-5,8,17H2,1H3. The normalized spacial score (nSPS) is 13.9. The van der Waals surface area contributed by atoms with E-state index in [0.29, 0.717) is 12.2 Å². The van der Waals surface area contributed by atoms with Crippen molar-refractivity contribution in [3.05, 3.63) is 23.3 Å². The highest BCUT2D eigenvalue weighted by molar-refractivity contribution is 5.96. The van der Waals surface area contributed by atoms with E-state index < -0.39 is 13.0 Å². The maximum absolute atomic E-state index is 12.1. The van der Waals surface area contributed by atoms with Crippen molar-refractivity contribution in [3.63, 3.8) is 0 Å². The van der Waals surface area contributed by atoms with Gasteiger partial charge in [0.2, 0.25) is 5.91 Å². The van der Waals surface area contributed by atoms with Gasteiger partial charge in [-0.25, -0.2) is 8.78 Å². The molecule has 0 spiro atoms. The maximum Gasteiger partial charge on any atom is 0.261 e. The van der Waals surface area contributed by atoms with Gasteiger partial charge in [0, 0.05) is 17.9 Å². The van der Waals surface area contributed by atoms with Crippen LogP contribution in [0.15, 0.2) is 12.1 Å². The van der Waals surface area contributed by atoms with E-state index in [4.69, 9.17) is 10.5 Å². The first-order chi connectivity index (χ1) is 9.49. The van der Waals surface area contributed by atoms with Crippen molar-refractivity contribution in [1.82, 2.24) is 0 Å². The van der Waals surface area contributed by atoms with Crippen LogP contribution in [0, 0.1) is 6.92 Å². The summed E-state index contributed by atoms with van der Waals surface area (Å²) in [6.45, 7) is 1.91. The van der Waals surface area contributed by atoms with Crippen LogP contribution in [0.5, 0.6) is 0 Å². The summed E-state index contributed by atoms with van der Waals surface area (Å²) in [6.07, 6.45) is -1.61. The number of carbonyl (C=O) groups is 1. The fraction of sp³-hybridized carbons (Fsp3) is 0.500. The molecule has 1 aromatic carbocycles. The summed E-state index contributed by atoms with van der Waals surface area (Å²) in [5, 5.41) is 0. The number of carbonyl (C=O) groups excluding carboxylic acids is 1. The predicted molar refractivity (Wildman–Crippen MR) is 73.1 cm³/mol. The Morgan fingerprint density at radius 1 is 1.50 bits per heavy atom. The van der Waals surface area contributed by atoms with Crippen LogP contribution in [0.2, 0.25) is 0 Å². The molecule has 1 aliphatic rings. The van der Waals surface area contributed by atoms with E-state index in [1.807, 2.05) is 13.0 Å². The Bertz CT molecular complexity index is 506. The molecule has 0 radical (unpaired) electrons. The molecular formula is C14H18F2N2O2. The van der Waals surface area contributed by atoms with Crippen LogP contribution < -0.4 is 10.6 Å². The van der Waals surface area contributed by atoms with Crippen LogP contribution in [0.1, 0.15) is 17.5 Å². The smallest absolute Gasteiger partial charge is 0.261 e. The fourth-order valence-electron chi connectivity index (χ4n) is 2.30. The Balaban J connectivity index is 1.95. The van der Waals surface area contributed by atoms with E-state index in [1.165, 1.54) is 0 Å². The summed E-state index contributed by atoms with van der Waals surface area (Å²) in [7, 11) is 0. The number of aryl methyl sites for hydroxylation is 1. The number of alkyl halides is 2. The zero-order valence-corrected chi connectivity index (χ0v) is 11.4. The second-order valence-electron chi connectivity index (χ2n) is 4.85. The lowest BCUT2D eigenvalue weighted by molar-refractivity contribution is -0.120. The Kier molecular flexibility index (Phi) is 4.54. The molecule has 0 bridgehead atoms. The molecule has 110 valence electrons. The van der Waals surface area contributed by atoms with E-state index in [1.54, 1.807) is 11.0 Å². The number of ether oxygens (including phenoxy) is 1. The average Bonchev–Trinajstić information content (AvgIpc) is 2.77. The lowest BCUT2D eigenvalue weighted by Crippen LogP contribution is -2.30. The van der Waals surface area contributed by atoms with E-state index in [2.05, 4.69) is 0 Å². The van der Waals surface area contributed by atoms with Crippen molar-refractivity contribution in [2.45, 2.75) is 26.2 Å². The van der Waals surface area contributed by atoms with Gasteiger partial charge in [-0.1, -0.05) is 6.07 Å². The van der Waals surface area contributed by atoms with Gasteiger partial charge in [0.15, 0.2) is 0 Å². The Labute approximate surface area is 116 Å². The lowest BCUT2D eigenvalue weighted by atomic mass is 10.1. The summed E-state index contributed by atoms with van der Waals surface area (Å²) < 4.78 is 28.5. The molecule has 0 aromatic heterocycles. The van der Waals surface area contributed by atoms with Crippen molar-refractivity contribution in [2.24, 2.45) is 0 Å². The molecular weight excluding hydrogens is 266 g/mol. The number of hydrogen-bond acceptors (Lipinski definition) is 3. The molecule has 0 aliphatic carbocycles. The van der Waals surface area contributed by atoms with Gasteiger partial charge < -0.3 is 15.4 Å². The molecule has 0 saturated carbocycles. The van der Waals surface area contributed by atoms with Crippen LogP contribution in [0.3, 0.4) is 0 Å². The van der Waals surface area contributed by atoms with Gasteiger partial charge in [-0.15, -0.1) is 0 Å². The molecule has 2 rings (SSSR count). The Hall–Kier alpha value is -1.69. The third-order valence-electron chi connectivity index (χ3n) is 3.37. The topological polar surface area (TPSA) is 55.6 Å². The number of fused-ring (bicyclic) bond motifs is 1. The van der Waals surface area contributed by atoms with E-state index in [-0.39, 0.29) is 18.9 Å². The van der Waals surface area contributed by atoms with Crippen molar-refractivity contribution in [2.75, 3.05) is 30.4 Å². The number of hydrogen-bond donors (Lipinski definition) is 1. The van der Waals surface area contributed by atoms with E-state index in [0.717, 1.165) is 23.2 Å². The van der Waals surface area contributed by atoms with Gasteiger partial charge >= 0.3 is 0 Å². The molecule has 1 aliphatic heterocycles. The number of amides is 1. The third-order valence-corrected chi connectivity index (χ3v) is 3.37. The van der Waals surface area contributed by atoms with Gasteiger partial charge in [-0.2, -0.15) is 0 Å². The fourth-order valence-corrected chi connectivity index (χ4v) is 2.30. The number of nitrogen functional groups attached to an aromatic ring is 1. The molecule has 0 fully saturated rings. The van der Waals surface area contributed by atoms with Crippen LogP contribution in [0.25, 0.3) is 0 Å². The van der Waals surface area contributed by atoms with Gasteiger partial charge in [0.1, 0.15) is 6.61 Å². The minimum atomic E-state index is -2.50. The van der Waals surface area contributed by atoms with E-state index in [9.17, 15) is 13.6 Å². The maximum atomic E-state index is 12.1. The first-order valence-electron chi connectivity index (χ1n) is 6.54. The van der Waals surface area contributed by atoms with Crippen LogP contribution in [-0.4, -0.2) is 32.1 Å². The summed E-state index contributed by atoms with van der Waals surface area (Å²) in [5.41, 5.74) is 9.43. The highest BCUT2D eigenvalue weighted by atomic mass is 19.3. The number of nitrogens with two attached hydrogens (primary N) is 1. The highest BCUT2D eigenvalue weighted by Crippen LogP contribution is 2.32. The number of benzene rings is 1. The highest BCUT2D eigenvalue weighted by Gasteiger charge is 2.25. The van der Waals surface area contributed by atoms with E-state index >= 15 is 0 Å². The molecule has 2 N–H and O–H groups in total. The minimum absolute atomic E-state index is 0.0103. The second kappa shape index (κ2) is 6.17. The Morgan fingerprint density at radius 2 is 2.25 bits per heavy atom. The quantitative estimate of drug-likeness (QED) is 0.665. The summed E-state index contributed by atoms with van der Waals surface area (Å²) in [5.74, 6) is -0.124. The largest absolute Gasteiger partial charge is 0.398 e. The summed E-state index contributed by atoms with van der Waals surface area (Å²) in [4.78, 5) is 13.7. The molecule has 1 heterocycles. The summed E-state index contributed by atoms with van der Waals surface area (Å²) >= 11 is 0. The first kappa shape index (κ1) is 14.7. The molecule has 0 saturated heterocycles. The van der Waals surface area contributed by atoms with Crippen LogP contribution >= 0.6 is 0 Å². The number of nitrogens with zero attached hydrogens (tertiary/aromatic N) is 1. The van der Waals surface area contributed by atoms with Gasteiger partial charge in [0.25, 0.3) is 6.43 Å². The van der Waals surface area contributed by atoms with Gasteiger partial charge in [0.05, 0.1) is 13.0 Å². The summed E-state index contributed by atoms with van der Waals surface area (Å²) in [6, 6.07) is 3.79. The van der Waals surface area contributed by atoms with Crippen molar-refractivity contribution < 1.29 is 18.3 Å². The van der Waals surface area contributed by atoms with Crippen LogP contribution in [0.4, 0.5) is 20.2 Å². The molecule has 1 aromatic rings. The first-order valence-corrected chi connectivity index (χ1v) is 6.54. The van der Waals surface area contributed by atoms with Crippen LogP contribution in [-0.2, 0) is 16.0 Å². The van der Waals surface area contributed by atoms with Gasteiger partial charge in [-0.3, -0.25) is 4.79 Å².